The van der Waals surface area contributed by atoms with E-state index in [0.717, 1.165) is 6.42 Å². The van der Waals surface area contributed by atoms with Crippen LogP contribution < -0.4 is 0 Å². The fourth-order valence-electron chi connectivity index (χ4n) is 4.75. The molecule has 8 heteroatoms. The number of rotatable bonds is 10. The number of ether oxygens (including phenoxy) is 4. The third-order valence-electron chi connectivity index (χ3n) is 7.63. The summed E-state index contributed by atoms with van der Waals surface area (Å²) in [6, 6.07) is 8.85. The van der Waals surface area contributed by atoms with Crippen LogP contribution in [0, 0.1) is 11.8 Å². The van der Waals surface area contributed by atoms with Crippen molar-refractivity contribution < 1.29 is 38.1 Å². The molecule has 3 aliphatic rings. The van der Waals surface area contributed by atoms with Gasteiger partial charge < -0.3 is 18.9 Å². The Labute approximate surface area is 234 Å². The third kappa shape index (κ3) is 5.36. The molecule has 0 spiro atoms. The third-order valence-corrected chi connectivity index (χ3v) is 7.63. The Morgan fingerprint density at radius 1 is 1.07 bits per heavy atom. The highest BCUT2D eigenvalue weighted by Gasteiger charge is 2.55. The number of carbonyl (C=O) groups is 4. The van der Waals surface area contributed by atoms with Crippen LogP contribution in [0.25, 0.3) is 0 Å². The van der Waals surface area contributed by atoms with Crippen molar-refractivity contribution in [2.75, 3.05) is 7.11 Å². The number of ketones is 2. The van der Waals surface area contributed by atoms with Crippen LogP contribution in [0.5, 0.6) is 0 Å². The Morgan fingerprint density at radius 3 is 2.42 bits per heavy atom. The summed E-state index contributed by atoms with van der Waals surface area (Å²) < 4.78 is 22.2. The highest BCUT2D eigenvalue weighted by molar-refractivity contribution is 6.25. The number of allylic oxidation sites excluding steroid dienone is 4. The van der Waals surface area contributed by atoms with E-state index in [1.165, 1.54) is 26.4 Å². The average Bonchev–Trinajstić information content (AvgIpc) is 3.23. The number of fused-ring (bicyclic) bond motifs is 3. The quantitative estimate of drug-likeness (QED) is 0.297. The molecular weight excluding hydrogens is 512 g/mol. The maximum atomic E-state index is 13.7. The van der Waals surface area contributed by atoms with Gasteiger partial charge >= 0.3 is 11.9 Å². The number of hydrogen-bond acceptors (Lipinski definition) is 8. The molecule has 0 aromatic heterocycles. The Hall–Kier alpha value is -4.04. The number of esters is 2. The summed E-state index contributed by atoms with van der Waals surface area (Å²) in [6.45, 7) is 8.76. The van der Waals surface area contributed by atoms with E-state index in [9.17, 15) is 19.2 Å². The van der Waals surface area contributed by atoms with E-state index < -0.39 is 47.2 Å². The number of methoxy groups -OCH3 is 1. The first-order chi connectivity index (χ1) is 19.0. The topological polar surface area (TPSA) is 105 Å². The van der Waals surface area contributed by atoms with Gasteiger partial charge in [0.2, 0.25) is 5.78 Å². The highest BCUT2D eigenvalue weighted by atomic mass is 16.6. The monoisotopic (exact) mass is 546 g/mol. The lowest BCUT2D eigenvalue weighted by atomic mass is 9.75. The van der Waals surface area contributed by atoms with Gasteiger partial charge in [-0.05, 0) is 49.1 Å². The normalized spacial score (nSPS) is 23.1. The largest absolute Gasteiger partial charge is 0.464 e. The van der Waals surface area contributed by atoms with Crippen LogP contribution in [0.15, 0.2) is 88.9 Å². The van der Waals surface area contributed by atoms with E-state index in [-0.39, 0.29) is 11.1 Å². The van der Waals surface area contributed by atoms with Crippen molar-refractivity contribution in [3.05, 3.63) is 94.5 Å². The molecule has 8 nitrogen and oxygen atoms in total. The molecule has 5 atom stereocenters. The van der Waals surface area contributed by atoms with Crippen molar-refractivity contribution in [2.24, 2.45) is 11.8 Å². The van der Waals surface area contributed by atoms with Gasteiger partial charge in [0, 0.05) is 18.3 Å². The molecule has 2 heterocycles. The predicted molar refractivity (Wildman–Crippen MR) is 146 cm³/mol. The van der Waals surface area contributed by atoms with Gasteiger partial charge in [0.25, 0.3) is 0 Å². The summed E-state index contributed by atoms with van der Waals surface area (Å²) in [6.07, 6.45) is 7.46. The lowest BCUT2D eigenvalue weighted by Crippen LogP contribution is -2.40. The predicted octanol–water partition coefficient (Wildman–Crippen LogP) is 5.03. The number of carbonyl (C=O) groups excluding carboxylic acids is 4. The second kappa shape index (κ2) is 11.6. The van der Waals surface area contributed by atoms with Crippen molar-refractivity contribution in [1.82, 2.24) is 0 Å². The lowest BCUT2D eigenvalue weighted by molar-refractivity contribution is -0.163. The zero-order chi connectivity index (χ0) is 29.2. The lowest BCUT2D eigenvalue weighted by Gasteiger charge is -2.31. The minimum Gasteiger partial charge on any atom is -0.464 e. The second-order valence-electron chi connectivity index (χ2n) is 10.4. The molecule has 1 aliphatic carbocycles. The molecule has 210 valence electrons. The van der Waals surface area contributed by atoms with Crippen LogP contribution in [0.4, 0.5) is 0 Å². The van der Waals surface area contributed by atoms with Crippen LogP contribution in [0.3, 0.4) is 0 Å². The van der Waals surface area contributed by atoms with E-state index in [0.29, 0.717) is 28.4 Å². The Balaban J connectivity index is 1.61. The van der Waals surface area contributed by atoms with Crippen LogP contribution in [0.1, 0.15) is 52.7 Å². The van der Waals surface area contributed by atoms with E-state index in [1.54, 1.807) is 44.2 Å². The Bertz CT molecular complexity index is 1380. The first kappa shape index (κ1) is 29.0. The number of benzene rings is 1. The first-order valence-electron chi connectivity index (χ1n) is 13.4. The van der Waals surface area contributed by atoms with Gasteiger partial charge in [-0.3, -0.25) is 9.59 Å². The average molecular weight is 547 g/mol. The summed E-state index contributed by atoms with van der Waals surface area (Å²) in [4.78, 5) is 52.9. The van der Waals surface area contributed by atoms with Gasteiger partial charge in [0.05, 0.1) is 12.2 Å². The van der Waals surface area contributed by atoms with Crippen LogP contribution >= 0.6 is 0 Å². The molecule has 0 radical (unpaired) electrons. The number of hydrogen-bond donors (Lipinski definition) is 0. The van der Waals surface area contributed by atoms with E-state index in [2.05, 4.69) is 13.8 Å². The molecule has 0 saturated carbocycles. The van der Waals surface area contributed by atoms with Crippen LogP contribution in [-0.2, 0) is 38.1 Å². The fraction of sp³-hybridized carbons (Fsp3) is 0.375. The van der Waals surface area contributed by atoms with Crippen molar-refractivity contribution in [3.63, 3.8) is 0 Å². The Morgan fingerprint density at radius 2 is 1.77 bits per heavy atom. The summed E-state index contributed by atoms with van der Waals surface area (Å²) in [5.74, 6) is -2.66. The molecule has 0 bridgehead atoms. The van der Waals surface area contributed by atoms with Gasteiger partial charge in [-0.25, -0.2) is 9.59 Å². The van der Waals surface area contributed by atoms with E-state index in [4.69, 9.17) is 18.9 Å². The minimum absolute atomic E-state index is 0.163. The van der Waals surface area contributed by atoms with Gasteiger partial charge in [-0.1, -0.05) is 63.6 Å². The van der Waals surface area contributed by atoms with E-state index in [1.807, 2.05) is 18.2 Å². The molecule has 0 amide bonds. The molecule has 1 aromatic rings. The van der Waals surface area contributed by atoms with Crippen molar-refractivity contribution in [2.45, 2.75) is 58.8 Å². The second-order valence-corrected chi connectivity index (χ2v) is 10.4. The number of Topliss-reactive ketones (excluding diaryl/α,β-unsaturated/α-hetero) is 1. The Kier molecular flexibility index (Phi) is 8.40. The summed E-state index contributed by atoms with van der Waals surface area (Å²) >= 11 is 0. The van der Waals surface area contributed by atoms with Crippen molar-refractivity contribution >= 4 is 23.5 Å². The maximum Gasteiger partial charge on any atom is 0.343 e. The van der Waals surface area contributed by atoms with Crippen LogP contribution in [0.2, 0.25) is 0 Å². The fourth-order valence-corrected chi connectivity index (χ4v) is 4.75. The van der Waals surface area contributed by atoms with Gasteiger partial charge in [0.15, 0.2) is 17.5 Å². The maximum absolute atomic E-state index is 13.7. The van der Waals surface area contributed by atoms with Gasteiger partial charge in [-0.15, -0.1) is 0 Å². The van der Waals surface area contributed by atoms with Gasteiger partial charge in [-0.2, -0.15) is 0 Å². The summed E-state index contributed by atoms with van der Waals surface area (Å²) in [7, 11) is 1.39. The van der Waals surface area contributed by atoms with E-state index >= 15 is 0 Å². The zero-order valence-electron chi connectivity index (χ0n) is 23.6. The SMILES string of the molecule is CCC(C)C=CC1=CC2=CC(=O)C3(C)OC(=O)C(C(=O)C(C)C(C)OC(=O)C(OC)c4ccccc4)=C3C2=CO1. The van der Waals surface area contributed by atoms with Gasteiger partial charge in [0.1, 0.15) is 17.4 Å². The van der Waals surface area contributed by atoms with Crippen LogP contribution in [-0.4, -0.2) is 42.3 Å². The highest BCUT2D eigenvalue weighted by Crippen LogP contribution is 2.47. The molecule has 0 fully saturated rings. The molecule has 4 rings (SSSR count). The zero-order valence-corrected chi connectivity index (χ0v) is 23.6. The molecule has 0 saturated heterocycles. The smallest absolute Gasteiger partial charge is 0.343 e. The van der Waals surface area contributed by atoms with Crippen molar-refractivity contribution in [1.29, 1.82) is 0 Å². The van der Waals surface area contributed by atoms with Crippen molar-refractivity contribution in [3.8, 4) is 0 Å². The molecular formula is C32H34O8. The molecule has 40 heavy (non-hydrogen) atoms. The standard InChI is InChI=1S/C32H34O8/c1-7-18(2)13-14-23-15-22-16-25(33)32(5)27(24(22)17-38-23)26(30(35)40-32)28(34)19(3)20(4)39-31(36)29(37-6)21-11-9-8-10-12-21/h8-20,29H,7H2,1-6H3. The summed E-state index contributed by atoms with van der Waals surface area (Å²) in [5.41, 5.74) is -0.184. The molecule has 1 aromatic carbocycles. The minimum atomic E-state index is -1.66. The molecule has 2 aliphatic heterocycles. The first-order valence-corrected chi connectivity index (χ1v) is 13.4. The molecule has 0 N–H and O–H groups in total. The summed E-state index contributed by atoms with van der Waals surface area (Å²) in [5, 5.41) is 0. The molecule has 5 unspecified atom stereocenters.